The fourth-order valence-corrected chi connectivity index (χ4v) is 0.330. The third-order valence-electron chi connectivity index (χ3n) is 0.774. The zero-order valence-corrected chi connectivity index (χ0v) is 6.00. The predicted molar refractivity (Wildman–Crippen MR) is 32.0 cm³/mol. The molecule has 0 atom stereocenters. The van der Waals surface area contributed by atoms with E-state index < -0.39 is 23.8 Å². The number of hydrogen-bond acceptors (Lipinski definition) is 2. The van der Waals surface area contributed by atoms with Crippen LogP contribution in [0.25, 0.3) is 0 Å². The van der Waals surface area contributed by atoms with Crippen molar-refractivity contribution in [3.63, 3.8) is 0 Å². The maximum atomic E-state index is 11.9. The largest absolute Gasteiger partial charge is 0.430 e. The zero-order valence-electron chi connectivity index (χ0n) is 5.24. The summed E-state index contributed by atoms with van der Waals surface area (Å²) in [5.74, 6) is -1.55. The summed E-state index contributed by atoms with van der Waals surface area (Å²) in [6.45, 7) is 1.14. The Bertz CT molecular complexity index is 175. The highest BCUT2D eigenvalue weighted by atomic mass is 35.5. The third kappa shape index (κ3) is 3.27. The lowest BCUT2D eigenvalue weighted by Crippen LogP contribution is -2.19. The van der Waals surface area contributed by atoms with Crippen LogP contribution in [-0.4, -0.2) is 18.2 Å². The molecule has 0 N–H and O–H groups in total. The van der Waals surface area contributed by atoms with Gasteiger partial charge in [-0.1, -0.05) is 6.58 Å². The van der Waals surface area contributed by atoms with Crippen LogP contribution in [0, 0.1) is 0 Å². The number of alkyl halides is 4. The number of halogens is 4. The Kier molecular flexibility index (Phi) is 3.38. The number of carbonyl (C=O) groups is 1. The minimum Gasteiger partial charge on any atom is -0.430 e. The quantitative estimate of drug-likeness (QED) is 0.384. The maximum absolute atomic E-state index is 11.9. The van der Waals surface area contributed by atoms with Gasteiger partial charge < -0.3 is 4.74 Å². The summed E-state index contributed by atoms with van der Waals surface area (Å²) in [7, 11) is 0. The molecule has 0 aliphatic rings. The van der Waals surface area contributed by atoms with E-state index in [1.165, 1.54) is 0 Å². The van der Waals surface area contributed by atoms with E-state index in [1.54, 1.807) is 0 Å². The van der Waals surface area contributed by atoms with E-state index in [1.807, 2.05) is 0 Å². The minimum absolute atomic E-state index is 1.28. The second-order valence-electron chi connectivity index (χ2n) is 1.52. The molecule has 0 radical (unpaired) electrons. The Morgan fingerprint density at radius 3 is 2.36 bits per heavy atom. The molecule has 0 aromatic rings. The number of hydrogen-bond donors (Lipinski definition) is 0. The van der Waals surface area contributed by atoms with Crippen LogP contribution in [0.2, 0.25) is 0 Å². The summed E-state index contributed by atoms with van der Waals surface area (Å²) in [6, 6.07) is 0. The van der Waals surface area contributed by atoms with Crippen molar-refractivity contribution >= 4 is 17.6 Å². The molecule has 0 aromatic heterocycles. The van der Waals surface area contributed by atoms with Crippen molar-refractivity contribution < 1.29 is 22.7 Å². The standard InChI is InChI=1S/C5H4ClF3O2/c1-3(5(6,8)9)4(10)11-2-7/h1-2H2. The molecule has 0 bridgehead atoms. The monoisotopic (exact) mass is 188 g/mol. The van der Waals surface area contributed by atoms with Gasteiger partial charge in [0.2, 0.25) is 6.86 Å². The molecule has 0 amide bonds. The van der Waals surface area contributed by atoms with Crippen LogP contribution in [0.5, 0.6) is 0 Å². The molecule has 0 rings (SSSR count). The van der Waals surface area contributed by atoms with Gasteiger partial charge in [-0.05, 0) is 11.6 Å². The van der Waals surface area contributed by atoms with Gasteiger partial charge in [0.15, 0.2) is 0 Å². The lowest BCUT2D eigenvalue weighted by molar-refractivity contribution is -0.144. The Labute approximate surface area is 65.6 Å². The molecular weight excluding hydrogens is 184 g/mol. The molecule has 0 saturated heterocycles. The van der Waals surface area contributed by atoms with Gasteiger partial charge in [0.05, 0.1) is 0 Å². The first-order chi connectivity index (χ1) is 4.89. The number of ether oxygens (including phenoxy) is 1. The normalized spacial score (nSPS) is 10.9. The molecule has 0 spiro atoms. The molecule has 2 nitrogen and oxygen atoms in total. The average molecular weight is 189 g/mol. The predicted octanol–water partition coefficient (Wildman–Crippen LogP) is 1.84. The van der Waals surface area contributed by atoms with Crippen molar-refractivity contribution in [2.24, 2.45) is 0 Å². The van der Waals surface area contributed by atoms with Crippen molar-refractivity contribution in [1.82, 2.24) is 0 Å². The first-order valence-corrected chi connectivity index (χ1v) is 2.76. The van der Waals surface area contributed by atoms with Gasteiger partial charge in [-0.3, -0.25) is 0 Å². The smallest absolute Gasteiger partial charge is 0.354 e. The minimum atomic E-state index is -3.88. The molecule has 11 heavy (non-hydrogen) atoms. The highest BCUT2D eigenvalue weighted by Gasteiger charge is 2.35. The molecular formula is C5H4ClF3O2. The first kappa shape index (κ1) is 10.3. The van der Waals surface area contributed by atoms with Crippen LogP contribution in [-0.2, 0) is 9.53 Å². The van der Waals surface area contributed by atoms with Gasteiger partial charge in [0.1, 0.15) is 5.57 Å². The maximum Gasteiger partial charge on any atom is 0.354 e. The average Bonchev–Trinajstić information content (AvgIpc) is 1.85. The zero-order chi connectivity index (χ0) is 9.07. The highest BCUT2D eigenvalue weighted by molar-refractivity contribution is 6.26. The fraction of sp³-hybridized carbons (Fsp3) is 0.400. The van der Waals surface area contributed by atoms with Crippen LogP contribution >= 0.6 is 11.6 Å². The summed E-state index contributed by atoms with van der Waals surface area (Å²) >= 11 is 4.36. The van der Waals surface area contributed by atoms with E-state index >= 15 is 0 Å². The second kappa shape index (κ2) is 3.61. The van der Waals surface area contributed by atoms with Gasteiger partial charge in [-0.15, -0.1) is 0 Å². The van der Waals surface area contributed by atoms with Gasteiger partial charge >= 0.3 is 11.4 Å². The Balaban J connectivity index is 4.15. The Hall–Kier alpha value is -0.710. The van der Waals surface area contributed by atoms with Crippen LogP contribution in [0.1, 0.15) is 0 Å². The van der Waals surface area contributed by atoms with Crippen molar-refractivity contribution in [3.05, 3.63) is 12.2 Å². The molecule has 64 valence electrons. The van der Waals surface area contributed by atoms with Crippen LogP contribution in [0.15, 0.2) is 12.2 Å². The summed E-state index contributed by atoms with van der Waals surface area (Å²) in [5.41, 5.74) is -1.28. The van der Waals surface area contributed by atoms with E-state index in [0.717, 1.165) is 0 Å². The fourth-order valence-electron chi connectivity index (χ4n) is 0.252. The molecule has 0 fully saturated rings. The number of esters is 1. The summed E-state index contributed by atoms with van der Waals surface area (Å²) in [6.07, 6.45) is 0. The van der Waals surface area contributed by atoms with Crippen LogP contribution in [0.4, 0.5) is 13.2 Å². The second-order valence-corrected chi connectivity index (χ2v) is 1.99. The molecule has 0 aliphatic carbocycles. The summed E-state index contributed by atoms with van der Waals surface area (Å²) in [4.78, 5) is 10.3. The van der Waals surface area contributed by atoms with Gasteiger partial charge in [0.25, 0.3) is 0 Å². The molecule has 0 aromatic carbocycles. The van der Waals surface area contributed by atoms with Crippen LogP contribution in [0.3, 0.4) is 0 Å². The van der Waals surface area contributed by atoms with E-state index in [-0.39, 0.29) is 0 Å². The van der Waals surface area contributed by atoms with Crippen molar-refractivity contribution in [3.8, 4) is 0 Å². The van der Waals surface area contributed by atoms with E-state index in [9.17, 15) is 18.0 Å². The van der Waals surface area contributed by atoms with Crippen molar-refractivity contribution in [1.29, 1.82) is 0 Å². The van der Waals surface area contributed by atoms with Gasteiger partial charge in [-0.2, -0.15) is 8.78 Å². The summed E-state index contributed by atoms with van der Waals surface area (Å²) < 4.78 is 38.6. The number of carbonyl (C=O) groups excluding carboxylic acids is 1. The topological polar surface area (TPSA) is 26.3 Å². The van der Waals surface area contributed by atoms with Crippen molar-refractivity contribution in [2.45, 2.75) is 5.38 Å². The SMILES string of the molecule is C=C(C(=O)OCF)C(F)(F)Cl. The van der Waals surface area contributed by atoms with E-state index in [0.29, 0.717) is 0 Å². The lowest BCUT2D eigenvalue weighted by Gasteiger charge is -2.08. The number of rotatable bonds is 3. The molecule has 0 aliphatic heterocycles. The van der Waals surface area contributed by atoms with Crippen molar-refractivity contribution in [2.75, 3.05) is 6.86 Å². The Morgan fingerprint density at radius 1 is 1.64 bits per heavy atom. The summed E-state index contributed by atoms with van der Waals surface area (Å²) in [5, 5.41) is -3.88. The molecule has 0 unspecified atom stereocenters. The lowest BCUT2D eigenvalue weighted by atomic mass is 10.3. The van der Waals surface area contributed by atoms with Gasteiger partial charge in [-0.25, -0.2) is 9.18 Å². The van der Waals surface area contributed by atoms with Crippen LogP contribution < -0.4 is 0 Å². The van der Waals surface area contributed by atoms with Gasteiger partial charge in [0, 0.05) is 0 Å². The third-order valence-corrected chi connectivity index (χ3v) is 1.00. The van der Waals surface area contributed by atoms with E-state index in [4.69, 9.17) is 0 Å². The molecule has 0 heterocycles. The molecule has 6 heteroatoms. The Morgan fingerprint density at radius 2 is 2.09 bits per heavy atom. The first-order valence-electron chi connectivity index (χ1n) is 2.38. The van der Waals surface area contributed by atoms with E-state index in [2.05, 4.69) is 22.9 Å². The molecule has 0 saturated carbocycles. The highest BCUT2D eigenvalue weighted by Crippen LogP contribution is 2.27.